The molecule has 0 bridgehead atoms. The fourth-order valence-corrected chi connectivity index (χ4v) is 4.70. The average Bonchev–Trinajstić information content (AvgIpc) is 2.93. The summed E-state index contributed by atoms with van der Waals surface area (Å²) in [7, 11) is 0. The van der Waals surface area contributed by atoms with Gasteiger partial charge in [-0.25, -0.2) is 0 Å². The minimum Gasteiger partial charge on any atom is -0.314 e. The van der Waals surface area contributed by atoms with Gasteiger partial charge < -0.3 is 10.6 Å². The average molecular weight is 341 g/mol. The van der Waals surface area contributed by atoms with E-state index in [1.807, 2.05) is 6.07 Å². The molecule has 2 aromatic rings. The molecule has 0 spiro atoms. The van der Waals surface area contributed by atoms with Gasteiger partial charge in [0.2, 0.25) is 0 Å². The van der Waals surface area contributed by atoms with Crippen molar-refractivity contribution in [2.24, 2.45) is 0 Å². The Hall–Kier alpha value is -1.35. The lowest BCUT2D eigenvalue weighted by atomic mass is 9.84. The van der Waals surface area contributed by atoms with Crippen molar-refractivity contribution < 1.29 is 0 Å². The molecule has 1 fully saturated rings. The van der Waals surface area contributed by atoms with Gasteiger partial charge in [-0.2, -0.15) is 0 Å². The highest BCUT2D eigenvalue weighted by molar-refractivity contribution is 6.30. The third-order valence-electron chi connectivity index (χ3n) is 5.65. The fraction of sp³-hybridized carbons (Fsp3) is 0.429. The Morgan fingerprint density at radius 3 is 2.67 bits per heavy atom. The van der Waals surface area contributed by atoms with Gasteiger partial charge in [0, 0.05) is 36.1 Å². The molecule has 24 heavy (non-hydrogen) atoms. The van der Waals surface area contributed by atoms with Gasteiger partial charge in [0.05, 0.1) is 0 Å². The summed E-state index contributed by atoms with van der Waals surface area (Å²) in [4.78, 5) is 0. The van der Waals surface area contributed by atoms with Crippen LogP contribution in [0.2, 0.25) is 5.02 Å². The van der Waals surface area contributed by atoms with Crippen molar-refractivity contribution in [2.45, 2.75) is 37.1 Å². The van der Waals surface area contributed by atoms with Crippen LogP contribution in [0.25, 0.3) is 0 Å². The molecule has 126 valence electrons. The molecule has 1 unspecified atom stereocenters. The predicted molar refractivity (Wildman–Crippen MR) is 101 cm³/mol. The molecule has 1 saturated heterocycles. The van der Waals surface area contributed by atoms with Crippen LogP contribution >= 0.6 is 11.6 Å². The Bertz CT molecular complexity index is 707. The van der Waals surface area contributed by atoms with Crippen molar-refractivity contribution in [1.82, 2.24) is 10.6 Å². The van der Waals surface area contributed by atoms with E-state index in [0.29, 0.717) is 11.8 Å². The van der Waals surface area contributed by atoms with E-state index in [9.17, 15) is 0 Å². The van der Waals surface area contributed by atoms with Crippen LogP contribution in [0.15, 0.2) is 48.5 Å². The van der Waals surface area contributed by atoms with Crippen LogP contribution < -0.4 is 10.6 Å². The van der Waals surface area contributed by atoms with E-state index in [1.165, 1.54) is 23.1 Å². The first-order valence-corrected chi connectivity index (χ1v) is 9.32. The third-order valence-corrected chi connectivity index (χ3v) is 5.89. The zero-order valence-corrected chi connectivity index (χ0v) is 14.9. The van der Waals surface area contributed by atoms with Crippen LogP contribution in [0.5, 0.6) is 0 Å². The Labute approximate surface area is 149 Å². The molecule has 0 saturated carbocycles. The molecule has 3 atom stereocenters. The normalized spacial score (nSPS) is 29.4. The van der Waals surface area contributed by atoms with Crippen LogP contribution in [0.1, 0.15) is 48.3 Å². The summed E-state index contributed by atoms with van der Waals surface area (Å²) in [5, 5.41) is 8.12. The minimum absolute atomic E-state index is 0.161. The predicted octanol–water partition coefficient (Wildman–Crippen LogP) is 4.30. The fourth-order valence-electron chi connectivity index (χ4n) is 4.52. The smallest absolute Gasteiger partial charge is 0.0409 e. The molecule has 2 N–H and O–H groups in total. The largest absolute Gasteiger partial charge is 0.314 e. The molecule has 2 aliphatic rings. The first kappa shape index (κ1) is 16.1. The number of hydrogen-bond acceptors (Lipinski definition) is 2. The summed E-state index contributed by atoms with van der Waals surface area (Å²) in [5.41, 5.74) is 4.49. The van der Waals surface area contributed by atoms with Gasteiger partial charge in [-0.3, -0.25) is 0 Å². The Morgan fingerprint density at radius 2 is 1.92 bits per heavy atom. The lowest BCUT2D eigenvalue weighted by molar-refractivity contribution is 0.259. The van der Waals surface area contributed by atoms with Crippen molar-refractivity contribution >= 4 is 11.6 Å². The highest BCUT2D eigenvalue weighted by Gasteiger charge is 2.37. The van der Waals surface area contributed by atoms with Crippen LogP contribution in [0.3, 0.4) is 0 Å². The Morgan fingerprint density at radius 1 is 1.08 bits per heavy atom. The number of nitrogens with one attached hydrogen (secondary N) is 2. The minimum atomic E-state index is 0.161. The number of benzene rings is 2. The lowest BCUT2D eigenvalue weighted by Crippen LogP contribution is -2.57. The zero-order valence-electron chi connectivity index (χ0n) is 14.2. The van der Waals surface area contributed by atoms with Crippen molar-refractivity contribution in [1.29, 1.82) is 0 Å². The molecule has 0 amide bonds. The molecule has 3 heteroatoms. The van der Waals surface area contributed by atoms with Gasteiger partial charge >= 0.3 is 0 Å². The first-order valence-electron chi connectivity index (χ1n) is 8.95. The molecular formula is C21H25ClN2. The van der Waals surface area contributed by atoms with Crippen LogP contribution in [0.4, 0.5) is 0 Å². The maximum atomic E-state index is 6.33. The van der Waals surface area contributed by atoms with Crippen molar-refractivity contribution in [2.75, 3.05) is 19.6 Å². The molecule has 0 aromatic heterocycles. The van der Waals surface area contributed by atoms with Gasteiger partial charge in [0.1, 0.15) is 0 Å². The highest BCUT2D eigenvalue weighted by atomic mass is 35.5. The lowest BCUT2D eigenvalue weighted by Gasteiger charge is -2.37. The van der Waals surface area contributed by atoms with Crippen molar-refractivity contribution in [3.63, 3.8) is 0 Å². The molecule has 2 aromatic carbocycles. The summed E-state index contributed by atoms with van der Waals surface area (Å²) in [5.74, 6) is 1.05. The molecule has 4 rings (SSSR count). The van der Waals surface area contributed by atoms with E-state index in [4.69, 9.17) is 11.6 Å². The molecular weight excluding hydrogens is 316 g/mol. The second-order valence-corrected chi connectivity index (χ2v) is 7.97. The summed E-state index contributed by atoms with van der Waals surface area (Å²) in [6.45, 7) is 5.50. The van der Waals surface area contributed by atoms with Crippen LogP contribution in [-0.4, -0.2) is 25.2 Å². The summed E-state index contributed by atoms with van der Waals surface area (Å²) in [6, 6.07) is 17.4. The van der Waals surface area contributed by atoms with E-state index in [0.717, 1.165) is 31.1 Å². The van der Waals surface area contributed by atoms with Crippen molar-refractivity contribution in [3.05, 3.63) is 70.2 Å². The van der Waals surface area contributed by atoms with E-state index in [-0.39, 0.29) is 5.54 Å². The van der Waals surface area contributed by atoms with Gasteiger partial charge in [0.15, 0.2) is 0 Å². The van der Waals surface area contributed by atoms with Gasteiger partial charge in [-0.15, -0.1) is 0 Å². The number of halogens is 1. The quantitative estimate of drug-likeness (QED) is 0.870. The third kappa shape index (κ3) is 3.11. The van der Waals surface area contributed by atoms with E-state index < -0.39 is 0 Å². The topological polar surface area (TPSA) is 24.1 Å². The SMILES string of the molecule is CC1(C[C@@H]2C[C@H](c3ccccc3)c3ccc(Cl)cc32)CNCCN1. The number of fused-ring (bicyclic) bond motifs is 1. The maximum Gasteiger partial charge on any atom is 0.0409 e. The number of hydrogen-bond donors (Lipinski definition) is 2. The summed E-state index contributed by atoms with van der Waals surface area (Å²) >= 11 is 6.33. The van der Waals surface area contributed by atoms with E-state index in [1.54, 1.807) is 0 Å². The second kappa shape index (κ2) is 6.51. The number of piperazine rings is 1. The number of rotatable bonds is 3. The van der Waals surface area contributed by atoms with E-state index in [2.05, 4.69) is 60.0 Å². The summed E-state index contributed by atoms with van der Waals surface area (Å²) in [6.07, 6.45) is 2.33. The van der Waals surface area contributed by atoms with Gasteiger partial charge in [0.25, 0.3) is 0 Å². The van der Waals surface area contributed by atoms with E-state index >= 15 is 0 Å². The van der Waals surface area contributed by atoms with Gasteiger partial charge in [-0.05, 0) is 54.5 Å². The van der Waals surface area contributed by atoms with Crippen LogP contribution in [0, 0.1) is 0 Å². The molecule has 0 radical (unpaired) electrons. The zero-order chi connectivity index (χ0) is 16.6. The Balaban J connectivity index is 1.66. The molecule has 1 aliphatic carbocycles. The second-order valence-electron chi connectivity index (χ2n) is 7.54. The molecule has 1 aliphatic heterocycles. The maximum absolute atomic E-state index is 6.33. The van der Waals surface area contributed by atoms with Crippen molar-refractivity contribution in [3.8, 4) is 0 Å². The summed E-state index contributed by atoms with van der Waals surface area (Å²) < 4.78 is 0. The molecule has 2 nitrogen and oxygen atoms in total. The Kier molecular flexibility index (Phi) is 4.38. The molecule has 1 heterocycles. The monoisotopic (exact) mass is 340 g/mol. The van der Waals surface area contributed by atoms with Crippen LogP contribution in [-0.2, 0) is 0 Å². The highest BCUT2D eigenvalue weighted by Crippen LogP contribution is 2.48. The first-order chi connectivity index (χ1) is 11.6. The standard InChI is InChI=1S/C21H25ClN2/c1-21(14-23-9-10-24-21)13-16-11-19(15-5-3-2-4-6-15)18-8-7-17(22)12-20(16)18/h2-8,12,16,19,23-24H,9-11,13-14H2,1H3/t16-,19+,21?/m0/s1. The van der Waals surface area contributed by atoms with Gasteiger partial charge in [-0.1, -0.05) is 48.0 Å².